The van der Waals surface area contributed by atoms with Crippen LogP contribution in [0.25, 0.3) is 0 Å². The van der Waals surface area contributed by atoms with Crippen LogP contribution >= 0.6 is 0 Å². The molecule has 2 nitrogen and oxygen atoms in total. The first-order chi connectivity index (χ1) is 7.15. The zero-order valence-electron chi connectivity index (χ0n) is 9.78. The summed E-state index contributed by atoms with van der Waals surface area (Å²) in [6, 6.07) is 1.49. The Morgan fingerprint density at radius 3 is 2.20 bits per heavy atom. The lowest BCUT2D eigenvalue weighted by molar-refractivity contribution is -0.142. The molecule has 0 saturated carbocycles. The third-order valence-electron chi connectivity index (χ3n) is 4.94. The molecule has 5 atom stereocenters. The van der Waals surface area contributed by atoms with Gasteiger partial charge in [-0.25, -0.2) is 0 Å². The van der Waals surface area contributed by atoms with Crippen LogP contribution in [0.2, 0.25) is 0 Å². The Kier molecular flexibility index (Phi) is 2.17. The zero-order chi connectivity index (χ0) is 10.6. The average Bonchev–Trinajstić information content (AvgIpc) is 2.16. The molecule has 4 rings (SSSR count). The fourth-order valence-electron chi connectivity index (χ4n) is 3.95. The first-order valence-corrected chi connectivity index (χ1v) is 6.43. The minimum Gasteiger partial charge on any atom is -0.298 e. The molecule has 0 N–H and O–H groups in total. The highest BCUT2D eigenvalue weighted by Crippen LogP contribution is 2.44. The van der Waals surface area contributed by atoms with E-state index in [0.717, 1.165) is 30.5 Å². The van der Waals surface area contributed by atoms with E-state index in [4.69, 9.17) is 0 Å². The number of carbonyl (C=O) groups excluding carboxylic acids is 1. The lowest BCUT2D eigenvalue weighted by Gasteiger charge is -2.55. The van der Waals surface area contributed by atoms with Crippen molar-refractivity contribution in [2.45, 2.75) is 51.6 Å². The van der Waals surface area contributed by atoms with Gasteiger partial charge in [0.15, 0.2) is 0 Å². The number of Topliss-reactive ketones (excluding diaryl/α,β-unsaturated/α-hetero) is 1. The van der Waals surface area contributed by atoms with Crippen LogP contribution < -0.4 is 0 Å². The van der Waals surface area contributed by atoms with Crippen molar-refractivity contribution >= 4 is 5.78 Å². The van der Waals surface area contributed by atoms with Crippen LogP contribution in [0, 0.1) is 17.8 Å². The molecule has 0 aromatic rings. The fraction of sp³-hybridized carbons (Fsp3) is 0.923. The van der Waals surface area contributed by atoms with Gasteiger partial charge in [0, 0.05) is 18.0 Å². The molecule has 4 aliphatic rings. The lowest BCUT2D eigenvalue weighted by atomic mass is 9.67. The van der Waals surface area contributed by atoms with Crippen molar-refractivity contribution < 1.29 is 4.79 Å². The molecule has 4 aliphatic heterocycles. The van der Waals surface area contributed by atoms with E-state index in [1.54, 1.807) is 0 Å². The van der Waals surface area contributed by atoms with Crippen LogP contribution in [0.5, 0.6) is 0 Å². The van der Waals surface area contributed by atoms with Gasteiger partial charge in [0.2, 0.25) is 0 Å². The van der Waals surface area contributed by atoms with Crippen molar-refractivity contribution in [2.24, 2.45) is 17.8 Å². The number of rotatable bonds is 1. The van der Waals surface area contributed by atoms with E-state index in [1.165, 1.54) is 25.7 Å². The molecule has 0 aromatic heterocycles. The summed E-state index contributed by atoms with van der Waals surface area (Å²) >= 11 is 0. The summed E-state index contributed by atoms with van der Waals surface area (Å²) in [6.07, 6.45) is 5.02. The highest BCUT2D eigenvalue weighted by molar-refractivity contribution is 5.84. The van der Waals surface area contributed by atoms with Gasteiger partial charge in [-0.1, -0.05) is 13.8 Å². The van der Waals surface area contributed by atoms with Crippen LogP contribution in [0.15, 0.2) is 0 Å². The number of nitrogens with zero attached hydrogens (tertiary/aromatic N) is 1. The Morgan fingerprint density at radius 1 is 1.13 bits per heavy atom. The summed E-state index contributed by atoms with van der Waals surface area (Å²) in [5.74, 6) is 2.68. The van der Waals surface area contributed by atoms with E-state index in [-0.39, 0.29) is 0 Å². The number of ketones is 1. The quantitative estimate of drug-likeness (QED) is 0.656. The van der Waals surface area contributed by atoms with Crippen molar-refractivity contribution in [1.82, 2.24) is 4.90 Å². The summed E-state index contributed by atoms with van der Waals surface area (Å²) in [7, 11) is 0. The summed E-state index contributed by atoms with van der Waals surface area (Å²) < 4.78 is 0. The molecular weight excluding hydrogens is 186 g/mol. The molecule has 0 amide bonds. The number of carbonyl (C=O) groups is 1. The van der Waals surface area contributed by atoms with Gasteiger partial charge in [-0.3, -0.25) is 9.69 Å². The molecule has 4 unspecified atom stereocenters. The normalized spacial score (nSPS) is 48.7. The first-order valence-electron chi connectivity index (χ1n) is 6.43. The summed E-state index contributed by atoms with van der Waals surface area (Å²) in [6.45, 7) is 5.47. The lowest BCUT2D eigenvalue weighted by Crippen LogP contribution is -2.62. The van der Waals surface area contributed by atoms with Gasteiger partial charge in [-0.2, -0.15) is 0 Å². The number of hydrogen-bond donors (Lipinski definition) is 0. The Bertz CT molecular complexity index is 270. The maximum atomic E-state index is 11.7. The van der Waals surface area contributed by atoms with Crippen molar-refractivity contribution in [3.63, 3.8) is 0 Å². The SMILES string of the molecule is CC(C)C1CC2CC3C[C@H](C1)N2CC3=O. The summed E-state index contributed by atoms with van der Waals surface area (Å²) in [4.78, 5) is 14.2. The number of fused-ring (bicyclic) bond motifs is 1. The van der Waals surface area contributed by atoms with Gasteiger partial charge >= 0.3 is 0 Å². The Hall–Kier alpha value is -0.370. The Balaban J connectivity index is 1.79. The monoisotopic (exact) mass is 207 g/mol. The fourth-order valence-corrected chi connectivity index (χ4v) is 3.95. The molecular formula is C13H21NO. The third-order valence-corrected chi connectivity index (χ3v) is 4.94. The molecule has 0 spiro atoms. The first kappa shape index (κ1) is 9.83. The molecule has 2 heteroatoms. The van der Waals surface area contributed by atoms with E-state index in [2.05, 4.69) is 18.7 Å². The molecule has 0 aliphatic carbocycles. The Morgan fingerprint density at radius 2 is 1.73 bits per heavy atom. The van der Waals surface area contributed by atoms with Crippen molar-refractivity contribution in [1.29, 1.82) is 0 Å². The largest absolute Gasteiger partial charge is 0.298 e. The van der Waals surface area contributed by atoms with Gasteiger partial charge < -0.3 is 0 Å². The predicted octanol–water partition coefficient (Wildman–Crippen LogP) is 2.08. The number of piperidine rings is 4. The van der Waals surface area contributed by atoms with Gasteiger partial charge in [-0.15, -0.1) is 0 Å². The minimum absolute atomic E-state index is 0.429. The van der Waals surface area contributed by atoms with E-state index >= 15 is 0 Å². The van der Waals surface area contributed by atoms with Crippen molar-refractivity contribution in [3.8, 4) is 0 Å². The minimum atomic E-state index is 0.429. The van der Waals surface area contributed by atoms with E-state index in [9.17, 15) is 4.79 Å². The molecule has 4 heterocycles. The molecule has 0 radical (unpaired) electrons. The van der Waals surface area contributed by atoms with Gasteiger partial charge in [-0.05, 0) is 37.5 Å². The van der Waals surface area contributed by atoms with Gasteiger partial charge in [0.05, 0.1) is 6.54 Å². The zero-order valence-corrected chi connectivity index (χ0v) is 9.78. The molecule has 84 valence electrons. The van der Waals surface area contributed by atoms with E-state index in [0.29, 0.717) is 11.7 Å². The number of hydrogen-bond acceptors (Lipinski definition) is 2. The van der Waals surface area contributed by atoms with Crippen molar-refractivity contribution in [3.05, 3.63) is 0 Å². The van der Waals surface area contributed by atoms with E-state index < -0.39 is 0 Å². The average molecular weight is 207 g/mol. The molecule has 0 aromatic carbocycles. The van der Waals surface area contributed by atoms with Gasteiger partial charge in [0.1, 0.15) is 5.78 Å². The standard InChI is InChI=1S/C13H21NO/c1-8(2)9-3-11-5-10-6-12(4-9)14(11)7-13(10)15/h8-12H,3-7H2,1-2H3/t9?,10?,11-,12?/m0/s1. The highest BCUT2D eigenvalue weighted by atomic mass is 16.1. The molecule has 4 saturated heterocycles. The van der Waals surface area contributed by atoms with Crippen LogP contribution in [0.1, 0.15) is 39.5 Å². The second-order valence-electron chi connectivity index (χ2n) is 6.09. The smallest absolute Gasteiger partial charge is 0.150 e. The highest BCUT2D eigenvalue weighted by Gasteiger charge is 2.48. The van der Waals surface area contributed by atoms with Crippen molar-refractivity contribution in [2.75, 3.05) is 6.54 Å². The van der Waals surface area contributed by atoms with E-state index in [1.807, 2.05) is 0 Å². The maximum Gasteiger partial charge on any atom is 0.150 e. The second kappa shape index (κ2) is 3.31. The van der Waals surface area contributed by atoms with Crippen LogP contribution in [0.3, 0.4) is 0 Å². The van der Waals surface area contributed by atoms with Crippen LogP contribution in [0.4, 0.5) is 0 Å². The molecule has 15 heavy (non-hydrogen) atoms. The molecule has 4 bridgehead atoms. The summed E-state index contributed by atoms with van der Waals surface area (Å²) in [5.41, 5.74) is 0. The van der Waals surface area contributed by atoms with Crippen LogP contribution in [-0.2, 0) is 4.79 Å². The topological polar surface area (TPSA) is 20.3 Å². The second-order valence-corrected chi connectivity index (χ2v) is 6.09. The third kappa shape index (κ3) is 1.45. The maximum absolute atomic E-state index is 11.7. The van der Waals surface area contributed by atoms with Crippen LogP contribution in [-0.4, -0.2) is 29.3 Å². The Labute approximate surface area is 92.0 Å². The summed E-state index contributed by atoms with van der Waals surface area (Å²) in [5, 5.41) is 0. The molecule has 4 fully saturated rings. The van der Waals surface area contributed by atoms with Gasteiger partial charge in [0.25, 0.3) is 0 Å². The predicted molar refractivity (Wildman–Crippen MR) is 59.6 cm³/mol.